The van der Waals surface area contributed by atoms with Crippen LogP contribution < -0.4 is 5.32 Å². The van der Waals surface area contributed by atoms with Gasteiger partial charge in [-0.2, -0.15) is 5.10 Å². The maximum atomic E-state index is 13.4. The lowest BCUT2D eigenvalue weighted by Gasteiger charge is -2.08. The fourth-order valence-electron chi connectivity index (χ4n) is 1.53. The monoisotopic (exact) mass is 256 g/mol. The van der Waals surface area contributed by atoms with E-state index in [9.17, 15) is 13.2 Å². The summed E-state index contributed by atoms with van der Waals surface area (Å²) in [6.07, 6.45) is 1.38. The minimum atomic E-state index is -1.49. The molecule has 1 aromatic carbocycles. The number of rotatable bonds is 4. The molecule has 0 unspecified atom stereocenters. The lowest BCUT2D eigenvalue weighted by Crippen LogP contribution is -2.10. The molecule has 0 bridgehead atoms. The molecule has 0 spiro atoms. The molecule has 18 heavy (non-hydrogen) atoms. The molecule has 2 rings (SSSR count). The maximum Gasteiger partial charge on any atom is 0.196 e. The first-order valence-electron chi connectivity index (χ1n) is 5.37. The van der Waals surface area contributed by atoms with Gasteiger partial charge in [-0.15, -0.1) is 0 Å². The molecule has 96 valence electrons. The van der Waals surface area contributed by atoms with E-state index >= 15 is 0 Å². The summed E-state index contributed by atoms with van der Waals surface area (Å²) in [4.78, 5) is 3.97. The SMILES string of the molecule is CCn1ncnc1CNc1ccc(F)c(F)c1F. The zero-order chi connectivity index (χ0) is 13.1. The molecule has 2 aromatic rings. The summed E-state index contributed by atoms with van der Waals surface area (Å²) in [6, 6.07) is 2.01. The molecule has 4 nitrogen and oxygen atoms in total. The molecule has 1 N–H and O–H groups in total. The molecule has 0 amide bonds. The third-order valence-corrected chi connectivity index (χ3v) is 2.47. The molecular formula is C11H11F3N4. The van der Waals surface area contributed by atoms with Crippen LogP contribution in [0.15, 0.2) is 18.5 Å². The highest BCUT2D eigenvalue weighted by Crippen LogP contribution is 2.19. The first-order chi connectivity index (χ1) is 8.63. The second-order valence-corrected chi connectivity index (χ2v) is 3.57. The van der Waals surface area contributed by atoms with Gasteiger partial charge in [-0.05, 0) is 19.1 Å². The highest BCUT2D eigenvalue weighted by atomic mass is 19.2. The largest absolute Gasteiger partial charge is 0.375 e. The van der Waals surface area contributed by atoms with E-state index < -0.39 is 17.5 Å². The Balaban J connectivity index is 2.14. The van der Waals surface area contributed by atoms with Crippen LogP contribution in [-0.2, 0) is 13.1 Å². The van der Waals surface area contributed by atoms with Crippen molar-refractivity contribution in [3.8, 4) is 0 Å². The Morgan fingerprint density at radius 3 is 2.72 bits per heavy atom. The summed E-state index contributed by atoms with van der Waals surface area (Å²) in [5.41, 5.74) is -0.112. The van der Waals surface area contributed by atoms with E-state index in [0.717, 1.165) is 12.1 Å². The third kappa shape index (κ3) is 2.29. The Labute approximate surface area is 101 Å². The van der Waals surface area contributed by atoms with Crippen LogP contribution in [0.5, 0.6) is 0 Å². The molecule has 1 heterocycles. The number of nitrogens with zero attached hydrogens (tertiary/aromatic N) is 3. The number of anilines is 1. The van der Waals surface area contributed by atoms with Crippen LogP contribution in [0.25, 0.3) is 0 Å². The minimum absolute atomic E-state index is 0.112. The van der Waals surface area contributed by atoms with Crippen LogP contribution in [-0.4, -0.2) is 14.8 Å². The van der Waals surface area contributed by atoms with Gasteiger partial charge in [-0.25, -0.2) is 22.8 Å². The summed E-state index contributed by atoms with van der Waals surface area (Å²) in [6.45, 7) is 2.68. The van der Waals surface area contributed by atoms with Gasteiger partial charge in [-0.1, -0.05) is 0 Å². The van der Waals surface area contributed by atoms with Gasteiger partial charge in [0.15, 0.2) is 17.5 Å². The first kappa shape index (κ1) is 12.4. The van der Waals surface area contributed by atoms with Crippen molar-refractivity contribution in [1.82, 2.24) is 14.8 Å². The smallest absolute Gasteiger partial charge is 0.196 e. The lowest BCUT2D eigenvalue weighted by atomic mass is 10.3. The van der Waals surface area contributed by atoms with Crippen molar-refractivity contribution < 1.29 is 13.2 Å². The molecule has 0 fully saturated rings. The quantitative estimate of drug-likeness (QED) is 0.854. The molecule has 0 aliphatic carbocycles. The highest BCUT2D eigenvalue weighted by Gasteiger charge is 2.13. The van der Waals surface area contributed by atoms with Crippen molar-refractivity contribution in [3.63, 3.8) is 0 Å². The van der Waals surface area contributed by atoms with Crippen LogP contribution >= 0.6 is 0 Å². The summed E-state index contributed by atoms with van der Waals surface area (Å²) in [5, 5.41) is 6.59. The molecular weight excluding hydrogens is 245 g/mol. The van der Waals surface area contributed by atoms with Gasteiger partial charge in [0.05, 0.1) is 12.2 Å². The molecule has 7 heteroatoms. The van der Waals surface area contributed by atoms with Gasteiger partial charge in [0.1, 0.15) is 12.2 Å². The van der Waals surface area contributed by atoms with E-state index in [2.05, 4.69) is 15.4 Å². The third-order valence-electron chi connectivity index (χ3n) is 2.47. The van der Waals surface area contributed by atoms with Crippen molar-refractivity contribution in [3.05, 3.63) is 41.7 Å². The van der Waals surface area contributed by atoms with Crippen molar-refractivity contribution in [1.29, 1.82) is 0 Å². The van der Waals surface area contributed by atoms with Gasteiger partial charge >= 0.3 is 0 Å². The van der Waals surface area contributed by atoms with E-state index in [1.54, 1.807) is 4.68 Å². The van der Waals surface area contributed by atoms with E-state index in [1.165, 1.54) is 6.33 Å². The second kappa shape index (κ2) is 5.07. The minimum Gasteiger partial charge on any atom is -0.375 e. The lowest BCUT2D eigenvalue weighted by molar-refractivity contribution is 0.448. The van der Waals surface area contributed by atoms with Crippen molar-refractivity contribution >= 4 is 5.69 Å². The van der Waals surface area contributed by atoms with Gasteiger partial charge in [0, 0.05) is 6.54 Å². The van der Waals surface area contributed by atoms with Crippen molar-refractivity contribution in [2.45, 2.75) is 20.0 Å². The van der Waals surface area contributed by atoms with Gasteiger partial charge in [-0.3, -0.25) is 0 Å². The predicted octanol–water partition coefficient (Wildman–Crippen LogP) is 2.33. The number of aromatic nitrogens is 3. The Kier molecular flexibility index (Phi) is 3.50. The Morgan fingerprint density at radius 2 is 2.00 bits per heavy atom. The van der Waals surface area contributed by atoms with E-state index in [4.69, 9.17) is 0 Å². The fourth-order valence-corrected chi connectivity index (χ4v) is 1.53. The standard InChI is InChI=1S/C11H11F3N4/c1-2-18-9(16-6-17-18)5-15-8-4-3-7(12)10(13)11(8)14/h3-4,6,15H,2,5H2,1H3. The highest BCUT2D eigenvalue weighted by molar-refractivity contribution is 5.45. The van der Waals surface area contributed by atoms with Crippen LogP contribution in [0.2, 0.25) is 0 Å². The molecule has 0 aliphatic heterocycles. The molecule has 0 radical (unpaired) electrons. The average molecular weight is 256 g/mol. The van der Waals surface area contributed by atoms with Crippen molar-refractivity contribution in [2.75, 3.05) is 5.32 Å². The Hall–Kier alpha value is -2.05. The molecule has 0 atom stereocenters. The summed E-state index contributed by atoms with van der Waals surface area (Å²) in [7, 11) is 0. The predicted molar refractivity (Wildman–Crippen MR) is 59.3 cm³/mol. The zero-order valence-electron chi connectivity index (χ0n) is 9.62. The Bertz CT molecular complexity index is 553. The molecule has 0 aliphatic rings. The van der Waals surface area contributed by atoms with Crippen LogP contribution in [0.1, 0.15) is 12.7 Å². The Morgan fingerprint density at radius 1 is 1.22 bits per heavy atom. The summed E-state index contributed by atoms with van der Waals surface area (Å²) in [5.74, 6) is -3.36. The number of halogens is 3. The number of benzene rings is 1. The number of nitrogens with one attached hydrogen (secondary N) is 1. The van der Waals surface area contributed by atoms with E-state index in [0.29, 0.717) is 12.4 Å². The molecule has 0 saturated heterocycles. The number of hydrogen-bond acceptors (Lipinski definition) is 3. The second-order valence-electron chi connectivity index (χ2n) is 3.57. The van der Waals surface area contributed by atoms with Crippen molar-refractivity contribution in [2.24, 2.45) is 0 Å². The fraction of sp³-hybridized carbons (Fsp3) is 0.273. The molecule has 0 saturated carbocycles. The average Bonchev–Trinajstić information content (AvgIpc) is 2.82. The normalized spacial score (nSPS) is 10.7. The van der Waals surface area contributed by atoms with Crippen LogP contribution in [0, 0.1) is 17.5 Å². The first-order valence-corrected chi connectivity index (χ1v) is 5.37. The summed E-state index contributed by atoms with van der Waals surface area (Å²) >= 11 is 0. The summed E-state index contributed by atoms with van der Waals surface area (Å²) < 4.78 is 40.7. The zero-order valence-corrected chi connectivity index (χ0v) is 9.62. The van der Waals surface area contributed by atoms with E-state index in [-0.39, 0.29) is 12.2 Å². The van der Waals surface area contributed by atoms with Crippen LogP contribution in [0.4, 0.5) is 18.9 Å². The maximum absolute atomic E-state index is 13.4. The van der Waals surface area contributed by atoms with Gasteiger partial charge in [0.25, 0.3) is 0 Å². The van der Waals surface area contributed by atoms with E-state index in [1.807, 2.05) is 6.92 Å². The van der Waals surface area contributed by atoms with Crippen LogP contribution in [0.3, 0.4) is 0 Å². The number of aryl methyl sites for hydroxylation is 1. The van der Waals surface area contributed by atoms with Gasteiger partial charge in [0.2, 0.25) is 0 Å². The molecule has 1 aromatic heterocycles. The topological polar surface area (TPSA) is 42.7 Å². The number of hydrogen-bond donors (Lipinski definition) is 1. The van der Waals surface area contributed by atoms with Gasteiger partial charge < -0.3 is 5.32 Å².